The molecule has 3 N–H and O–H groups in total. The van der Waals surface area contributed by atoms with Crippen LogP contribution in [-0.2, 0) is 14.4 Å². The quantitative estimate of drug-likeness (QED) is 0.646. The highest BCUT2D eigenvalue weighted by atomic mass is 16.4. The van der Waals surface area contributed by atoms with E-state index < -0.39 is 56.6 Å². The average molecular weight is 378 g/mol. The smallest absolute Gasteiger partial charge is 0.193 e. The summed E-state index contributed by atoms with van der Waals surface area (Å²) in [6.07, 6.45) is 0.0454. The molecule has 3 aliphatic carbocycles. The molecule has 0 aliphatic heterocycles. The Morgan fingerprint density at radius 1 is 1.26 bits per heavy atom. The van der Waals surface area contributed by atoms with E-state index in [1.165, 1.54) is 0 Å². The first-order chi connectivity index (χ1) is 12.1. The predicted octanol–water partition coefficient (Wildman–Crippen LogP) is 2.12. The van der Waals surface area contributed by atoms with E-state index in [1.807, 2.05) is 27.7 Å². The average Bonchev–Trinajstić information content (AvgIpc) is 2.94. The molecule has 0 unspecified atom stereocenters. The summed E-state index contributed by atoms with van der Waals surface area (Å²) in [7, 11) is 0. The molecule has 0 aromatic heterocycles. The summed E-state index contributed by atoms with van der Waals surface area (Å²) in [5.41, 5.74) is -6.15. The number of allylic oxidation sites excluding steroid dienone is 1. The Labute approximate surface area is 159 Å². The second-order valence-electron chi connectivity index (χ2n) is 10.2. The molecule has 0 amide bonds. The van der Waals surface area contributed by atoms with E-state index in [1.54, 1.807) is 13.8 Å². The molecule has 0 aromatic carbocycles. The van der Waals surface area contributed by atoms with E-state index in [9.17, 15) is 29.7 Å². The van der Waals surface area contributed by atoms with E-state index in [2.05, 4.69) is 0 Å². The molecule has 2 fully saturated rings. The molecule has 27 heavy (non-hydrogen) atoms. The summed E-state index contributed by atoms with van der Waals surface area (Å²) in [5.74, 6) is -3.55. The first kappa shape index (κ1) is 20.2. The van der Waals surface area contributed by atoms with Crippen molar-refractivity contribution in [3.63, 3.8) is 0 Å². The molecule has 6 heteroatoms. The number of hydrogen-bond donors (Lipinski definition) is 3. The summed E-state index contributed by atoms with van der Waals surface area (Å²) in [4.78, 5) is 39.0. The molecule has 1 spiro atoms. The van der Waals surface area contributed by atoms with Gasteiger partial charge in [-0.3, -0.25) is 14.4 Å². The van der Waals surface area contributed by atoms with Crippen molar-refractivity contribution in [1.29, 1.82) is 0 Å². The topological polar surface area (TPSA) is 112 Å². The lowest BCUT2D eigenvalue weighted by Gasteiger charge is -2.39. The van der Waals surface area contributed by atoms with E-state index in [0.717, 1.165) is 0 Å². The van der Waals surface area contributed by atoms with E-state index in [0.29, 0.717) is 0 Å². The summed E-state index contributed by atoms with van der Waals surface area (Å²) >= 11 is 0. The molecule has 0 bridgehead atoms. The number of carbonyl (C=O) groups is 3. The van der Waals surface area contributed by atoms with Crippen molar-refractivity contribution in [2.45, 2.75) is 72.0 Å². The third-order valence-corrected chi connectivity index (χ3v) is 7.29. The third-order valence-electron chi connectivity index (χ3n) is 7.29. The maximum Gasteiger partial charge on any atom is 0.193 e. The minimum atomic E-state index is -2.37. The summed E-state index contributed by atoms with van der Waals surface area (Å²) in [6.45, 7) is 10.7. The number of rotatable bonds is 4. The Morgan fingerprint density at radius 3 is 2.30 bits per heavy atom. The molecule has 150 valence electrons. The van der Waals surface area contributed by atoms with Crippen LogP contribution < -0.4 is 0 Å². The summed E-state index contributed by atoms with van der Waals surface area (Å²) in [6, 6.07) is 0. The number of ketones is 3. The fraction of sp³-hybridized carbons (Fsp3) is 0.762. The number of aliphatic hydroxyl groups is 3. The zero-order valence-electron chi connectivity index (χ0n) is 16.9. The minimum Gasteiger partial charge on any atom is -0.508 e. The molecular formula is C21H30O6. The zero-order chi connectivity index (χ0) is 20.7. The van der Waals surface area contributed by atoms with Gasteiger partial charge in [-0.15, -0.1) is 0 Å². The standard InChI is InChI=1S/C21H30O6/c1-10(2)7-11(22)15-16(24)20-9-13(19(5,6)26)18(3,4)12(20)8-14(23)21(20,27)17(15)25/h10,12-13,25-27H,7-9H2,1-6H3/t12-,13-,20+,21+/m0/s1. The fourth-order valence-corrected chi connectivity index (χ4v) is 6.19. The molecule has 2 saturated carbocycles. The maximum atomic E-state index is 13.5. The molecule has 0 aromatic rings. The summed E-state index contributed by atoms with van der Waals surface area (Å²) in [5, 5.41) is 32.8. The number of hydrogen-bond acceptors (Lipinski definition) is 6. The van der Waals surface area contributed by atoms with Crippen molar-refractivity contribution < 1.29 is 29.7 Å². The van der Waals surface area contributed by atoms with Gasteiger partial charge >= 0.3 is 0 Å². The Morgan fingerprint density at radius 2 is 1.81 bits per heavy atom. The van der Waals surface area contributed by atoms with Crippen LogP contribution >= 0.6 is 0 Å². The largest absolute Gasteiger partial charge is 0.508 e. The van der Waals surface area contributed by atoms with Crippen molar-refractivity contribution in [3.05, 3.63) is 11.3 Å². The zero-order valence-corrected chi connectivity index (χ0v) is 16.9. The molecule has 0 radical (unpaired) electrons. The number of carbonyl (C=O) groups excluding carboxylic acids is 3. The molecule has 3 rings (SSSR count). The van der Waals surface area contributed by atoms with Crippen molar-refractivity contribution in [3.8, 4) is 0 Å². The minimum absolute atomic E-state index is 0.0335. The highest BCUT2D eigenvalue weighted by Crippen LogP contribution is 2.72. The molecule has 0 heterocycles. The van der Waals surface area contributed by atoms with Crippen LogP contribution in [0, 0.1) is 28.6 Å². The van der Waals surface area contributed by atoms with Gasteiger partial charge in [0.05, 0.1) is 11.0 Å². The van der Waals surface area contributed by atoms with Crippen LogP contribution in [0.3, 0.4) is 0 Å². The van der Waals surface area contributed by atoms with Gasteiger partial charge in [-0.2, -0.15) is 0 Å². The lowest BCUT2D eigenvalue weighted by Crippen LogP contribution is -2.51. The first-order valence-corrected chi connectivity index (χ1v) is 9.63. The number of aliphatic hydroxyl groups excluding tert-OH is 1. The van der Waals surface area contributed by atoms with Gasteiger partial charge in [0.1, 0.15) is 11.3 Å². The second-order valence-corrected chi connectivity index (χ2v) is 10.2. The normalized spacial score (nSPS) is 38.0. The van der Waals surface area contributed by atoms with Crippen LogP contribution in [0.1, 0.15) is 60.8 Å². The van der Waals surface area contributed by atoms with Gasteiger partial charge < -0.3 is 15.3 Å². The molecule has 6 nitrogen and oxygen atoms in total. The first-order valence-electron chi connectivity index (χ1n) is 9.63. The van der Waals surface area contributed by atoms with Gasteiger partial charge in [0.2, 0.25) is 0 Å². The summed E-state index contributed by atoms with van der Waals surface area (Å²) < 4.78 is 0. The van der Waals surface area contributed by atoms with Crippen molar-refractivity contribution >= 4 is 17.3 Å². The Hall–Kier alpha value is -1.53. The number of Topliss-reactive ketones (excluding diaryl/α,β-unsaturated/α-hetero) is 3. The molecule has 4 atom stereocenters. The molecule has 0 saturated heterocycles. The monoisotopic (exact) mass is 378 g/mol. The Kier molecular flexibility index (Phi) is 4.12. The van der Waals surface area contributed by atoms with Crippen LogP contribution in [-0.4, -0.2) is 43.9 Å². The van der Waals surface area contributed by atoms with Crippen molar-refractivity contribution in [2.24, 2.45) is 28.6 Å². The van der Waals surface area contributed by atoms with Gasteiger partial charge in [0, 0.05) is 12.8 Å². The van der Waals surface area contributed by atoms with E-state index >= 15 is 0 Å². The lowest BCUT2D eigenvalue weighted by atomic mass is 9.66. The van der Waals surface area contributed by atoms with Gasteiger partial charge in [-0.1, -0.05) is 27.7 Å². The van der Waals surface area contributed by atoms with Crippen LogP contribution in [0.5, 0.6) is 0 Å². The van der Waals surface area contributed by atoms with Crippen LogP contribution in [0.4, 0.5) is 0 Å². The van der Waals surface area contributed by atoms with E-state index in [4.69, 9.17) is 0 Å². The highest BCUT2D eigenvalue weighted by Gasteiger charge is 2.81. The van der Waals surface area contributed by atoms with Gasteiger partial charge in [-0.05, 0) is 43.4 Å². The van der Waals surface area contributed by atoms with Gasteiger partial charge in [-0.25, -0.2) is 0 Å². The van der Waals surface area contributed by atoms with Gasteiger partial charge in [0.25, 0.3) is 0 Å². The van der Waals surface area contributed by atoms with E-state index in [-0.39, 0.29) is 31.1 Å². The van der Waals surface area contributed by atoms with Crippen LogP contribution in [0.2, 0.25) is 0 Å². The highest BCUT2D eigenvalue weighted by molar-refractivity contribution is 6.28. The SMILES string of the molecule is CC(C)CC(=O)C1=C(O)[C@]2(O)C(=O)C[C@H]3C(C)(C)[C@@H](C(C)(C)O)C[C@]32C1=O. The van der Waals surface area contributed by atoms with Crippen LogP contribution in [0.15, 0.2) is 11.3 Å². The Balaban J connectivity index is 2.20. The fourth-order valence-electron chi connectivity index (χ4n) is 6.19. The van der Waals surface area contributed by atoms with Crippen molar-refractivity contribution in [2.75, 3.05) is 0 Å². The molecule has 3 aliphatic rings. The maximum absolute atomic E-state index is 13.5. The lowest BCUT2D eigenvalue weighted by molar-refractivity contribution is -0.149. The van der Waals surface area contributed by atoms with Crippen molar-refractivity contribution in [1.82, 2.24) is 0 Å². The van der Waals surface area contributed by atoms with Crippen LogP contribution in [0.25, 0.3) is 0 Å². The Bertz CT molecular complexity index is 768. The second kappa shape index (κ2) is 5.51. The predicted molar refractivity (Wildman–Crippen MR) is 97.8 cm³/mol. The third kappa shape index (κ3) is 2.23. The molecular weight excluding hydrogens is 348 g/mol. The van der Waals surface area contributed by atoms with Gasteiger partial charge in [0.15, 0.2) is 23.0 Å².